The molecule has 3 rings (SSSR count). The molecule has 0 spiro atoms. The minimum absolute atomic E-state index is 0.259. The molecule has 1 aromatic heterocycles. The van der Waals surface area contributed by atoms with E-state index in [-0.39, 0.29) is 18.2 Å². The maximum Gasteiger partial charge on any atom is 0.142 e. The lowest BCUT2D eigenvalue weighted by atomic mass is 10.2. The lowest BCUT2D eigenvalue weighted by Gasteiger charge is -2.01. The molecule has 0 radical (unpaired) electrons. The lowest BCUT2D eigenvalue weighted by molar-refractivity contribution is 0.132. The maximum atomic E-state index is 12.9. The third-order valence-electron chi connectivity index (χ3n) is 3.33. The first kappa shape index (κ1) is 15.9. The van der Waals surface area contributed by atoms with Gasteiger partial charge in [0.15, 0.2) is 0 Å². The molecule has 6 heteroatoms. The molecule has 0 fully saturated rings. The Kier molecular flexibility index (Phi) is 4.96. The Morgan fingerprint density at radius 1 is 0.958 bits per heavy atom. The second-order valence-electron chi connectivity index (χ2n) is 5.23. The normalized spacial score (nSPS) is 11.1. The van der Waals surface area contributed by atoms with Crippen LogP contribution in [0.5, 0.6) is 0 Å². The van der Waals surface area contributed by atoms with Crippen LogP contribution in [0.2, 0.25) is 0 Å². The second-order valence-corrected chi connectivity index (χ2v) is 5.23. The predicted molar refractivity (Wildman–Crippen MR) is 86.5 cm³/mol. The number of benzene rings is 2. The van der Waals surface area contributed by atoms with Crippen molar-refractivity contribution in [1.82, 2.24) is 9.78 Å². The van der Waals surface area contributed by atoms with Crippen molar-refractivity contribution in [2.24, 2.45) is 5.16 Å². The molecule has 0 saturated carbocycles. The van der Waals surface area contributed by atoms with Crippen molar-refractivity contribution in [3.63, 3.8) is 0 Å². The summed E-state index contributed by atoms with van der Waals surface area (Å²) in [5.41, 5.74) is 2.58. The molecular formula is C18H15F2N3O. The van der Waals surface area contributed by atoms with E-state index in [1.807, 2.05) is 6.20 Å². The van der Waals surface area contributed by atoms with Gasteiger partial charge < -0.3 is 4.84 Å². The van der Waals surface area contributed by atoms with Crippen LogP contribution in [0.3, 0.4) is 0 Å². The van der Waals surface area contributed by atoms with Gasteiger partial charge in [-0.15, -0.1) is 0 Å². The van der Waals surface area contributed by atoms with Crippen molar-refractivity contribution in [1.29, 1.82) is 0 Å². The minimum atomic E-state index is -0.282. The molecule has 3 aromatic rings. The predicted octanol–water partition coefficient (Wildman–Crippen LogP) is 3.76. The molecule has 24 heavy (non-hydrogen) atoms. The largest absolute Gasteiger partial charge is 0.391 e. The van der Waals surface area contributed by atoms with Gasteiger partial charge in [-0.05, 0) is 35.4 Å². The summed E-state index contributed by atoms with van der Waals surface area (Å²) in [5.74, 6) is -0.541. The number of aromatic nitrogens is 2. The summed E-state index contributed by atoms with van der Waals surface area (Å²) in [7, 11) is 0. The van der Waals surface area contributed by atoms with Gasteiger partial charge in [-0.2, -0.15) is 5.10 Å². The van der Waals surface area contributed by atoms with Crippen LogP contribution >= 0.6 is 0 Å². The molecule has 0 aliphatic carbocycles. The summed E-state index contributed by atoms with van der Waals surface area (Å²) in [6.45, 7) is 0.811. The zero-order chi connectivity index (χ0) is 16.8. The number of oxime groups is 1. The molecule has 0 unspecified atom stereocenters. The highest BCUT2D eigenvalue weighted by atomic mass is 19.1. The molecule has 0 aliphatic heterocycles. The Morgan fingerprint density at radius 3 is 2.25 bits per heavy atom. The molecule has 122 valence electrons. The number of hydrogen-bond acceptors (Lipinski definition) is 3. The van der Waals surface area contributed by atoms with E-state index >= 15 is 0 Å². The van der Waals surface area contributed by atoms with Gasteiger partial charge >= 0.3 is 0 Å². The average Bonchev–Trinajstić information content (AvgIpc) is 3.03. The molecule has 0 amide bonds. The Morgan fingerprint density at radius 2 is 1.58 bits per heavy atom. The van der Waals surface area contributed by atoms with E-state index < -0.39 is 0 Å². The molecule has 0 N–H and O–H groups in total. The van der Waals surface area contributed by atoms with Gasteiger partial charge in [0.1, 0.15) is 18.2 Å². The summed E-state index contributed by atoms with van der Waals surface area (Å²) >= 11 is 0. The first-order valence-corrected chi connectivity index (χ1v) is 7.36. The van der Waals surface area contributed by atoms with Crippen LogP contribution in [-0.4, -0.2) is 16.0 Å². The Balaban J connectivity index is 1.51. The molecule has 4 nitrogen and oxygen atoms in total. The zero-order valence-corrected chi connectivity index (χ0v) is 12.8. The average molecular weight is 327 g/mol. The van der Waals surface area contributed by atoms with Gasteiger partial charge in [-0.3, -0.25) is 4.68 Å². The highest BCUT2D eigenvalue weighted by Gasteiger charge is 1.99. The molecule has 0 bridgehead atoms. The monoisotopic (exact) mass is 327 g/mol. The van der Waals surface area contributed by atoms with Crippen LogP contribution < -0.4 is 0 Å². The first-order chi connectivity index (χ1) is 11.7. The highest BCUT2D eigenvalue weighted by Crippen LogP contribution is 2.06. The molecule has 2 aromatic carbocycles. The summed E-state index contributed by atoms with van der Waals surface area (Å²) in [4.78, 5) is 5.17. The van der Waals surface area contributed by atoms with Crippen LogP contribution in [-0.2, 0) is 18.0 Å². The molecule has 0 saturated heterocycles. The molecular weight excluding hydrogens is 312 g/mol. The number of halogens is 2. The maximum absolute atomic E-state index is 12.9. The van der Waals surface area contributed by atoms with E-state index in [1.165, 1.54) is 24.3 Å². The van der Waals surface area contributed by atoms with Crippen molar-refractivity contribution in [2.45, 2.75) is 13.2 Å². The summed E-state index contributed by atoms with van der Waals surface area (Å²) in [5, 5.41) is 8.08. The second kappa shape index (κ2) is 7.50. The third kappa shape index (κ3) is 4.49. The van der Waals surface area contributed by atoms with Crippen LogP contribution in [0.4, 0.5) is 8.78 Å². The molecule has 0 aliphatic rings. The molecule has 0 atom stereocenters. The van der Waals surface area contributed by atoms with Gasteiger partial charge in [-0.25, -0.2) is 8.78 Å². The van der Waals surface area contributed by atoms with Crippen molar-refractivity contribution in [2.75, 3.05) is 0 Å². The van der Waals surface area contributed by atoms with Crippen molar-refractivity contribution >= 4 is 6.21 Å². The fraction of sp³-hybridized carbons (Fsp3) is 0.111. The minimum Gasteiger partial charge on any atom is -0.391 e. The lowest BCUT2D eigenvalue weighted by Crippen LogP contribution is -1.99. The van der Waals surface area contributed by atoms with Gasteiger partial charge in [0, 0.05) is 11.8 Å². The van der Waals surface area contributed by atoms with Gasteiger partial charge in [-0.1, -0.05) is 29.4 Å². The number of nitrogens with zero attached hydrogens (tertiary/aromatic N) is 3. The fourth-order valence-electron chi connectivity index (χ4n) is 2.10. The summed E-state index contributed by atoms with van der Waals surface area (Å²) < 4.78 is 27.4. The first-order valence-electron chi connectivity index (χ1n) is 7.36. The van der Waals surface area contributed by atoms with E-state index in [4.69, 9.17) is 4.84 Å². The highest BCUT2D eigenvalue weighted by molar-refractivity contribution is 5.78. The van der Waals surface area contributed by atoms with Crippen molar-refractivity contribution < 1.29 is 13.6 Å². The quantitative estimate of drug-likeness (QED) is 0.511. The third-order valence-corrected chi connectivity index (χ3v) is 3.33. The van der Waals surface area contributed by atoms with E-state index in [0.717, 1.165) is 16.7 Å². The van der Waals surface area contributed by atoms with E-state index in [1.54, 1.807) is 41.4 Å². The number of rotatable bonds is 6. The van der Waals surface area contributed by atoms with Gasteiger partial charge in [0.25, 0.3) is 0 Å². The van der Waals surface area contributed by atoms with E-state index in [2.05, 4.69) is 10.3 Å². The van der Waals surface area contributed by atoms with Gasteiger partial charge in [0.05, 0.1) is 19.0 Å². The zero-order valence-electron chi connectivity index (χ0n) is 12.8. The Labute approximate surface area is 138 Å². The van der Waals surface area contributed by atoms with E-state index in [0.29, 0.717) is 6.54 Å². The topological polar surface area (TPSA) is 39.4 Å². The van der Waals surface area contributed by atoms with Crippen LogP contribution in [0.15, 0.2) is 66.1 Å². The fourth-order valence-corrected chi connectivity index (χ4v) is 2.10. The number of hydrogen-bond donors (Lipinski definition) is 0. The smallest absolute Gasteiger partial charge is 0.142 e. The van der Waals surface area contributed by atoms with Crippen LogP contribution in [0, 0.1) is 11.6 Å². The van der Waals surface area contributed by atoms with Gasteiger partial charge in [0.2, 0.25) is 0 Å². The Hall–Kier alpha value is -3.02. The van der Waals surface area contributed by atoms with Crippen LogP contribution in [0.1, 0.15) is 16.7 Å². The summed E-state index contributed by atoms with van der Waals surface area (Å²) in [6.07, 6.45) is 5.03. The SMILES string of the molecule is Fc1ccc(CO/N=C/c2cnn(Cc3ccc(F)cc3)c2)cc1. The van der Waals surface area contributed by atoms with Crippen molar-refractivity contribution in [3.05, 3.63) is 89.2 Å². The molecule has 1 heterocycles. The van der Waals surface area contributed by atoms with Crippen LogP contribution in [0.25, 0.3) is 0 Å². The standard InChI is InChI=1S/C18H15F2N3O/c19-17-5-1-14(2-6-17)11-23-12-16(9-21-23)10-22-24-13-15-3-7-18(20)8-4-15/h1-10,12H,11,13H2/b22-10+. The summed E-state index contributed by atoms with van der Waals surface area (Å²) in [6, 6.07) is 12.3. The van der Waals surface area contributed by atoms with Crippen molar-refractivity contribution in [3.8, 4) is 0 Å². The Bertz CT molecular complexity index is 811. The van der Waals surface area contributed by atoms with E-state index in [9.17, 15) is 8.78 Å².